The Hall–Kier alpha value is -1.61. The fourth-order valence-corrected chi connectivity index (χ4v) is 3.78. The first-order valence-corrected chi connectivity index (χ1v) is 7.52. The molecule has 0 saturated heterocycles. The third-order valence-electron chi connectivity index (χ3n) is 3.61. The minimum absolute atomic E-state index is 0.0211. The van der Waals surface area contributed by atoms with Crippen molar-refractivity contribution in [3.05, 3.63) is 52.4 Å². The van der Waals surface area contributed by atoms with Crippen LogP contribution in [0.15, 0.2) is 36.4 Å². The number of carbonyl (C=O) groups is 1. The highest BCUT2D eigenvalue weighted by Gasteiger charge is 2.19. The van der Waals surface area contributed by atoms with Crippen LogP contribution in [0.2, 0.25) is 0 Å². The lowest BCUT2D eigenvalue weighted by atomic mass is 9.91. The van der Waals surface area contributed by atoms with E-state index in [1.807, 2.05) is 30.3 Å². The van der Waals surface area contributed by atoms with Crippen molar-refractivity contribution >= 4 is 22.2 Å². The number of benzene rings is 1. The van der Waals surface area contributed by atoms with Gasteiger partial charge in [0.05, 0.1) is 5.00 Å². The molecule has 0 saturated carbocycles. The maximum absolute atomic E-state index is 12.1. The molecule has 1 amide bonds. The maximum atomic E-state index is 12.1. The SMILES string of the molecule is C[C@@H]1CCc2cc(NC(=O)c3ccccc3)sc2C1. The van der Waals surface area contributed by atoms with Gasteiger partial charge in [0.1, 0.15) is 0 Å². The Balaban J connectivity index is 1.76. The van der Waals surface area contributed by atoms with Crippen molar-refractivity contribution in [3.8, 4) is 0 Å². The molecule has 0 bridgehead atoms. The van der Waals surface area contributed by atoms with Gasteiger partial charge >= 0.3 is 0 Å². The van der Waals surface area contributed by atoms with E-state index in [-0.39, 0.29) is 5.91 Å². The van der Waals surface area contributed by atoms with Gasteiger partial charge in [-0.1, -0.05) is 25.1 Å². The van der Waals surface area contributed by atoms with E-state index in [2.05, 4.69) is 18.3 Å². The van der Waals surface area contributed by atoms with Gasteiger partial charge in [0.15, 0.2) is 0 Å². The molecule has 0 spiro atoms. The molecular weight excluding hydrogens is 254 g/mol. The van der Waals surface area contributed by atoms with Crippen molar-refractivity contribution in [2.45, 2.75) is 26.2 Å². The molecule has 2 nitrogen and oxygen atoms in total. The molecule has 0 aliphatic heterocycles. The third-order valence-corrected chi connectivity index (χ3v) is 4.72. The predicted octanol–water partition coefficient (Wildman–Crippen LogP) is 4.13. The lowest BCUT2D eigenvalue weighted by Gasteiger charge is -2.16. The number of carbonyl (C=O) groups excluding carboxylic acids is 1. The number of aryl methyl sites for hydroxylation is 1. The normalized spacial score (nSPS) is 17.8. The highest BCUT2D eigenvalue weighted by molar-refractivity contribution is 7.16. The van der Waals surface area contributed by atoms with Gasteiger partial charge in [-0.15, -0.1) is 11.3 Å². The summed E-state index contributed by atoms with van der Waals surface area (Å²) in [7, 11) is 0. The first-order valence-electron chi connectivity index (χ1n) is 6.70. The molecule has 0 unspecified atom stereocenters. The van der Waals surface area contributed by atoms with Crippen LogP contribution in [0, 0.1) is 5.92 Å². The van der Waals surface area contributed by atoms with Gasteiger partial charge in [-0.05, 0) is 48.9 Å². The van der Waals surface area contributed by atoms with Gasteiger partial charge in [-0.25, -0.2) is 0 Å². The second-order valence-corrected chi connectivity index (χ2v) is 6.36. The molecule has 1 aromatic carbocycles. The minimum Gasteiger partial charge on any atom is -0.314 e. The number of hydrogen-bond donors (Lipinski definition) is 1. The summed E-state index contributed by atoms with van der Waals surface area (Å²) in [6, 6.07) is 11.5. The van der Waals surface area contributed by atoms with E-state index >= 15 is 0 Å². The van der Waals surface area contributed by atoms with Gasteiger partial charge in [-0.3, -0.25) is 4.79 Å². The zero-order chi connectivity index (χ0) is 13.2. The highest BCUT2D eigenvalue weighted by atomic mass is 32.1. The first-order chi connectivity index (χ1) is 9.22. The van der Waals surface area contributed by atoms with Crippen LogP contribution in [-0.2, 0) is 12.8 Å². The average molecular weight is 271 g/mol. The number of amides is 1. The fourth-order valence-electron chi connectivity index (χ4n) is 2.51. The molecule has 1 heterocycles. The van der Waals surface area contributed by atoms with Crippen molar-refractivity contribution in [2.75, 3.05) is 5.32 Å². The van der Waals surface area contributed by atoms with Crippen LogP contribution in [0.1, 0.15) is 34.1 Å². The summed E-state index contributed by atoms with van der Waals surface area (Å²) in [6.07, 6.45) is 3.56. The van der Waals surface area contributed by atoms with E-state index in [0.29, 0.717) is 5.56 Å². The summed E-state index contributed by atoms with van der Waals surface area (Å²) >= 11 is 1.73. The molecule has 2 aromatic rings. The lowest BCUT2D eigenvalue weighted by Crippen LogP contribution is -2.10. The van der Waals surface area contributed by atoms with E-state index in [4.69, 9.17) is 0 Å². The Kier molecular flexibility index (Phi) is 3.38. The maximum Gasteiger partial charge on any atom is 0.256 e. The summed E-state index contributed by atoms with van der Waals surface area (Å²) < 4.78 is 0. The van der Waals surface area contributed by atoms with Crippen molar-refractivity contribution in [2.24, 2.45) is 5.92 Å². The average Bonchev–Trinajstić information content (AvgIpc) is 2.81. The van der Waals surface area contributed by atoms with Crippen LogP contribution in [-0.4, -0.2) is 5.91 Å². The van der Waals surface area contributed by atoms with E-state index in [1.54, 1.807) is 11.3 Å². The molecule has 1 aliphatic rings. The number of hydrogen-bond acceptors (Lipinski definition) is 2. The number of nitrogens with one attached hydrogen (secondary N) is 1. The van der Waals surface area contributed by atoms with Crippen molar-refractivity contribution in [1.82, 2.24) is 0 Å². The fraction of sp³-hybridized carbons (Fsp3) is 0.312. The Morgan fingerprint density at radius 1 is 1.32 bits per heavy atom. The van der Waals surface area contributed by atoms with Gasteiger partial charge in [-0.2, -0.15) is 0 Å². The smallest absolute Gasteiger partial charge is 0.256 e. The molecule has 1 atom stereocenters. The summed E-state index contributed by atoms with van der Waals surface area (Å²) in [4.78, 5) is 13.5. The van der Waals surface area contributed by atoms with Crippen molar-refractivity contribution in [1.29, 1.82) is 0 Å². The summed E-state index contributed by atoms with van der Waals surface area (Å²) in [6.45, 7) is 2.30. The van der Waals surface area contributed by atoms with Crippen LogP contribution in [0.3, 0.4) is 0 Å². The summed E-state index contributed by atoms with van der Waals surface area (Å²) in [5, 5.41) is 3.99. The molecular formula is C16H17NOS. The topological polar surface area (TPSA) is 29.1 Å². The molecule has 0 fully saturated rings. The predicted molar refractivity (Wildman–Crippen MR) is 79.9 cm³/mol. The lowest BCUT2D eigenvalue weighted by molar-refractivity contribution is 0.102. The second kappa shape index (κ2) is 5.17. The molecule has 19 heavy (non-hydrogen) atoms. The Bertz CT molecular complexity index is 588. The van der Waals surface area contributed by atoms with Crippen LogP contribution < -0.4 is 5.32 Å². The van der Waals surface area contributed by atoms with Crippen molar-refractivity contribution < 1.29 is 4.79 Å². The van der Waals surface area contributed by atoms with E-state index in [1.165, 1.54) is 16.9 Å². The van der Waals surface area contributed by atoms with E-state index < -0.39 is 0 Å². The molecule has 98 valence electrons. The number of thiophene rings is 1. The first kappa shape index (κ1) is 12.4. The number of fused-ring (bicyclic) bond motifs is 1. The molecule has 3 heteroatoms. The van der Waals surface area contributed by atoms with E-state index in [0.717, 1.165) is 23.8 Å². The largest absolute Gasteiger partial charge is 0.314 e. The van der Waals surface area contributed by atoms with Crippen molar-refractivity contribution in [3.63, 3.8) is 0 Å². The highest BCUT2D eigenvalue weighted by Crippen LogP contribution is 2.35. The van der Waals surface area contributed by atoms with Gasteiger partial charge in [0.25, 0.3) is 5.91 Å². The second-order valence-electron chi connectivity index (χ2n) is 5.23. The third kappa shape index (κ3) is 2.71. The zero-order valence-corrected chi connectivity index (χ0v) is 11.8. The summed E-state index contributed by atoms with van der Waals surface area (Å²) in [5.41, 5.74) is 2.13. The standard InChI is InChI=1S/C16H17NOS/c1-11-7-8-13-10-15(19-14(13)9-11)17-16(18)12-5-3-2-4-6-12/h2-6,10-11H,7-9H2,1H3,(H,17,18)/t11-/m1/s1. The van der Waals surface area contributed by atoms with Gasteiger partial charge in [0, 0.05) is 10.4 Å². The Morgan fingerprint density at radius 3 is 2.89 bits per heavy atom. The van der Waals surface area contributed by atoms with Crippen LogP contribution in [0.5, 0.6) is 0 Å². The van der Waals surface area contributed by atoms with Gasteiger partial charge in [0.2, 0.25) is 0 Å². The molecule has 3 rings (SSSR count). The summed E-state index contributed by atoms with van der Waals surface area (Å²) in [5.74, 6) is 0.746. The van der Waals surface area contributed by atoms with E-state index in [9.17, 15) is 4.79 Å². The Morgan fingerprint density at radius 2 is 2.11 bits per heavy atom. The number of rotatable bonds is 2. The zero-order valence-electron chi connectivity index (χ0n) is 11.0. The van der Waals surface area contributed by atoms with Crippen LogP contribution in [0.4, 0.5) is 5.00 Å². The van der Waals surface area contributed by atoms with Crippen LogP contribution in [0.25, 0.3) is 0 Å². The molecule has 0 radical (unpaired) electrons. The Labute approximate surface area is 117 Å². The van der Waals surface area contributed by atoms with Gasteiger partial charge < -0.3 is 5.32 Å². The minimum atomic E-state index is -0.0211. The molecule has 1 N–H and O–H groups in total. The monoisotopic (exact) mass is 271 g/mol. The molecule has 1 aliphatic carbocycles. The van der Waals surface area contributed by atoms with Crippen LogP contribution >= 0.6 is 11.3 Å². The quantitative estimate of drug-likeness (QED) is 0.874. The molecule has 1 aromatic heterocycles. The number of anilines is 1.